The molecule has 0 spiro atoms. The molecule has 220 valence electrons. The largest absolute Gasteiger partial charge is 0.497 e. The van der Waals surface area contributed by atoms with Crippen molar-refractivity contribution < 1.29 is 22.7 Å². The highest BCUT2D eigenvalue weighted by Gasteiger charge is 2.30. The van der Waals surface area contributed by atoms with Crippen molar-refractivity contribution in [3.05, 3.63) is 95.0 Å². The van der Waals surface area contributed by atoms with Gasteiger partial charge in [0.25, 0.3) is 11.8 Å². The Labute approximate surface area is 250 Å². The van der Waals surface area contributed by atoms with Crippen LogP contribution in [0.1, 0.15) is 44.0 Å². The predicted octanol–water partition coefficient (Wildman–Crippen LogP) is 5.15. The number of nitrogens with zero attached hydrogens (tertiary/aromatic N) is 2. The lowest BCUT2D eigenvalue weighted by Crippen LogP contribution is -2.47. The summed E-state index contributed by atoms with van der Waals surface area (Å²) in [6, 6.07) is 13.1. The second-order valence-corrected chi connectivity index (χ2v) is 13.2. The number of aryl methyl sites for hydroxylation is 1. The van der Waals surface area contributed by atoms with Gasteiger partial charge in [0.15, 0.2) is 0 Å². The summed E-state index contributed by atoms with van der Waals surface area (Å²) in [5, 5.41) is 6.32. The van der Waals surface area contributed by atoms with Gasteiger partial charge in [0.2, 0.25) is 10.0 Å². The number of anilines is 2. The molecular formula is C31H34N4O5S2. The summed E-state index contributed by atoms with van der Waals surface area (Å²) in [5.74, 6) is -0.0975. The molecule has 0 radical (unpaired) electrons. The second-order valence-electron chi connectivity index (χ2n) is 10.2. The number of methoxy groups -OCH3 is 1. The molecule has 2 aromatic carbocycles. The number of fused-ring (bicyclic) bond motifs is 1. The molecule has 42 heavy (non-hydrogen) atoms. The lowest BCUT2D eigenvalue weighted by Gasteiger charge is -2.35. The minimum atomic E-state index is -3.81. The summed E-state index contributed by atoms with van der Waals surface area (Å²) in [4.78, 5) is 30.1. The van der Waals surface area contributed by atoms with E-state index in [2.05, 4.69) is 23.8 Å². The molecule has 1 aromatic heterocycles. The summed E-state index contributed by atoms with van der Waals surface area (Å²) in [6.45, 7) is 9.30. The summed E-state index contributed by atoms with van der Waals surface area (Å²) in [7, 11) is -2.23. The molecule has 0 unspecified atom stereocenters. The number of hydrogen-bond donors (Lipinski definition) is 2. The number of benzene rings is 2. The molecule has 1 aliphatic heterocycles. The van der Waals surface area contributed by atoms with Crippen molar-refractivity contribution in [3.63, 3.8) is 0 Å². The average molecular weight is 607 g/mol. The SMILES string of the molecule is C=CC(=C)N1CCN(S(=O)(=O)c2cccc(C(=O)Nc3sc4c(c3C(=O)Nc3ccc(OC)cc3)CCCC4)c2)CC1. The number of allylic oxidation sites excluding steroid dienone is 1. The van der Waals surface area contributed by atoms with E-state index in [1.165, 1.54) is 27.8 Å². The Bertz CT molecular complexity index is 1620. The standard InChI is InChI=1S/C31H34N4O5S2/c1-4-21(2)34-16-18-35(19-17-34)42(38,39)25-9-7-8-22(20-25)29(36)33-31-28(26-10-5-6-11-27(26)41-31)30(37)32-23-12-14-24(40-3)15-13-23/h4,7-9,12-15,20H,1-2,5-6,10-11,16-19H2,3H3,(H,32,37)(H,33,36). The lowest BCUT2D eigenvalue weighted by atomic mass is 9.95. The van der Waals surface area contributed by atoms with E-state index in [1.807, 2.05) is 4.90 Å². The zero-order valence-electron chi connectivity index (χ0n) is 23.5. The Hall–Kier alpha value is -3.93. The van der Waals surface area contributed by atoms with E-state index >= 15 is 0 Å². The number of thiophene rings is 1. The van der Waals surface area contributed by atoms with Crippen LogP contribution < -0.4 is 15.4 Å². The number of amides is 2. The molecule has 0 saturated carbocycles. The zero-order chi connectivity index (χ0) is 29.9. The fourth-order valence-electron chi connectivity index (χ4n) is 5.23. The molecule has 2 amide bonds. The van der Waals surface area contributed by atoms with Gasteiger partial charge in [-0.1, -0.05) is 19.2 Å². The number of hydrogen-bond acceptors (Lipinski definition) is 7. The van der Waals surface area contributed by atoms with Gasteiger partial charge in [-0.25, -0.2) is 8.42 Å². The van der Waals surface area contributed by atoms with Crippen LogP contribution in [0.2, 0.25) is 0 Å². The van der Waals surface area contributed by atoms with E-state index in [4.69, 9.17) is 4.74 Å². The van der Waals surface area contributed by atoms with Crippen LogP contribution in [-0.2, 0) is 22.9 Å². The van der Waals surface area contributed by atoms with Crippen LogP contribution in [0.5, 0.6) is 5.75 Å². The summed E-state index contributed by atoms with van der Waals surface area (Å²) < 4.78 is 33.5. The first kappa shape index (κ1) is 29.6. The van der Waals surface area contributed by atoms with Gasteiger partial charge in [-0.05, 0) is 79.8 Å². The van der Waals surface area contributed by atoms with E-state index in [0.29, 0.717) is 48.2 Å². The molecule has 2 aliphatic rings. The van der Waals surface area contributed by atoms with Gasteiger partial charge in [0, 0.05) is 48.0 Å². The van der Waals surface area contributed by atoms with Crippen LogP contribution in [-0.4, -0.2) is 62.7 Å². The van der Waals surface area contributed by atoms with Gasteiger partial charge in [-0.15, -0.1) is 11.3 Å². The first-order chi connectivity index (χ1) is 20.2. The molecule has 11 heteroatoms. The summed E-state index contributed by atoms with van der Waals surface area (Å²) in [5.41, 5.74) is 2.99. The van der Waals surface area contributed by atoms with Crippen molar-refractivity contribution in [2.45, 2.75) is 30.6 Å². The molecule has 5 rings (SSSR count). The number of sulfonamides is 1. The van der Waals surface area contributed by atoms with Gasteiger partial charge >= 0.3 is 0 Å². The number of carbonyl (C=O) groups is 2. The predicted molar refractivity (Wildman–Crippen MR) is 166 cm³/mol. The highest BCUT2D eigenvalue weighted by atomic mass is 32.2. The molecule has 2 heterocycles. The average Bonchev–Trinajstić information content (AvgIpc) is 3.39. The molecule has 1 saturated heterocycles. The number of nitrogens with one attached hydrogen (secondary N) is 2. The van der Waals surface area contributed by atoms with Gasteiger partial charge in [-0.2, -0.15) is 4.31 Å². The maximum Gasteiger partial charge on any atom is 0.258 e. The van der Waals surface area contributed by atoms with Crippen LogP contribution in [0.15, 0.2) is 78.4 Å². The van der Waals surface area contributed by atoms with E-state index < -0.39 is 15.9 Å². The van der Waals surface area contributed by atoms with Crippen LogP contribution in [0, 0.1) is 0 Å². The molecule has 9 nitrogen and oxygen atoms in total. The summed E-state index contributed by atoms with van der Waals surface area (Å²) in [6.07, 6.45) is 5.25. The third-order valence-electron chi connectivity index (χ3n) is 7.59. The highest BCUT2D eigenvalue weighted by Crippen LogP contribution is 2.39. The maximum absolute atomic E-state index is 13.5. The summed E-state index contributed by atoms with van der Waals surface area (Å²) >= 11 is 1.41. The number of piperazine rings is 1. The van der Waals surface area contributed by atoms with Crippen LogP contribution in [0.3, 0.4) is 0 Å². The van der Waals surface area contributed by atoms with Gasteiger partial charge < -0.3 is 20.3 Å². The third-order valence-corrected chi connectivity index (χ3v) is 10.7. The Morgan fingerprint density at radius 1 is 0.976 bits per heavy atom. The minimum absolute atomic E-state index is 0.0501. The number of ether oxygens (including phenoxy) is 1. The van der Waals surface area contributed by atoms with E-state index in [9.17, 15) is 18.0 Å². The van der Waals surface area contributed by atoms with Crippen molar-refractivity contribution in [2.24, 2.45) is 0 Å². The highest BCUT2D eigenvalue weighted by molar-refractivity contribution is 7.89. The van der Waals surface area contributed by atoms with Crippen molar-refractivity contribution >= 4 is 43.9 Å². The zero-order valence-corrected chi connectivity index (χ0v) is 25.2. The van der Waals surface area contributed by atoms with Crippen molar-refractivity contribution in [3.8, 4) is 5.75 Å². The van der Waals surface area contributed by atoms with Crippen molar-refractivity contribution in [2.75, 3.05) is 43.9 Å². The fraction of sp³-hybridized carbons (Fsp3) is 0.290. The van der Waals surface area contributed by atoms with E-state index in [-0.39, 0.29) is 16.4 Å². The van der Waals surface area contributed by atoms with Gasteiger partial charge in [-0.3, -0.25) is 9.59 Å². The first-order valence-corrected chi connectivity index (χ1v) is 16.0. The molecular weight excluding hydrogens is 572 g/mol. The van der Waals surface area contributed by atoms with Gasteiger partial charge in [0.05, 0.1) is 17.6 Å². The third kappa shape index (κ3) is 6.13. The Morgan fingerprint density at radius 2 is 1.69 bits per heavy atom. The van der Waals surface area contributed by atoms with Crippen LogP contribution >= 0.6 is 11.3 Å². The monoisotopic (exact) mass is 606 g/mol. The molecule has 2 N–H and O–H groups in total. The quantitative estimate of drug-likeness (QED) is 0.327. The Balaban J connectivity index is 1.36. The van der Waals surface area contributed by atoms with Gasteiger partial charge in [0.1, 0.15) is 10.8 Å². The molecule has 1 aliphatic carbocycles. The minimum Gasteiger partial charge on any atom is -0.497 e. The van der Waals surface area contributed by atoms with Crippen molar-refractivity contribution in [1.82, 2.24) is 9.21 Å². The molecule has 0 atom stereocenters. The smallest absolute Gasteiger partial charge is 0.258 e. The van der Waals surface area contributed by atoms with Crippen molar-refractivity contribution in [1.29, 1.82) is 0 Å². The Morgan fingerprint density at radius 3 is 2.38 bits per heavy atom. The van der Waals surface area contributed by atoms with Crippen LogP contribution in [0.25, 0.3) is 0 Å². The number of carbonyl (C=O) groups excluding carboxylic acids is 2. The topological polar surface area (TPSA) is 108 Å². The molecule has 0 bridgehead atoms. The molecule has 3 aromatic rings. The first-order valence-electron chi connectivity index (χ1n) is 13.8. The fourth-order valence-corrected chi connectivity index (χ4v) is 7.98. The molecule has 1 fully saturated rings. The maximum atomic E-state index is 13.5. The number of rotatable bonds is 9. The second kappa shape index (κ2) is 12.5. The Kier molecular flexibility index (Phi) is 8.81. The van der Waals surface area contributed by atoms with E-state index in [0.717, 1.165) is 41.8 Å². The lowest BCUT2D eigenvalue weighted by molar-refractivity contribution is 0.102. The van der Waals surface area contributed by atoms with Crippen LogP contribution in [0.4, 0.5) is 10.7 Å². The normalized spacial score (nSPS) is 15.4. The van der Waals surface area contributed by atoms with E-state index in [1.54, 1.807) is 49.6 Å².